The highest BCUT2D eigenvalue weighted by Crippen LogP contribution is 2.20. The van der Waals surface area contributed by atoms with E-state index in [1.165, 1.54) is 11.3 Å². The van der Waals surface area contributed by atoms with Gasteiger partial charge in [0, 0.05) is 17.6 Å². The summed E-state index contributed by atoms with van der Waals surface area (Å²) < 4.78 is 0. The van der Waals surface area contributed by atoms with E-state index in [1.54, 1.807) is 11.3 Å². The highest BCUT2D eigenvalue weighted by atomic mass is 32.1. The predicted molar refractivity (Wildman–Crippen MR) is 85.7 cm³/mol. The van der Waals surface area contributed by atoms with Crippen LogP contribution in [-0.2, 0) is 0 Å². The number of carbonyl (C=O) groups is 1. The molecule has 0 aliphatic heterocycles. The van der Waals surface area contributed by atoms with Gasteiger partial charge in [-0.3, -0.25) is 0 Å². The fourth-order valence-electron chi connectivity index (χ4n) is 1.85. The Kier molecular flexibility index (Phi) is 5.72. The second-order valence-corrected chi connectivity index (χ2v) is 6.38. The van der Waals surface area contributed by atoms with E-state index in [0.29, 0.717) is 0 Å². The fraction of sp³-hybridized carbons (Fsp3) is 0.429. The van der Waals surface area contributed by atoms with Crippen molar-refractivity contribution in [1.29, 1.82) is 0 Å². The summed E-state index contributed by atoms with van der Waals surface area (Å²) in [5.74, 6) is 0. The summed E-state index contributed by atoms with van der Waals surface area (Å²) in [5.41, 5.74) is 1.78. The molecule has 0 saturated carbocycles. The maximum Gasteiger partial charge on any atom is 0.315 e. The van der Waals surface area contributed by atoms with E-state index in [1.807, 2.05) is 36.1 Å². The first-order valence-corrected chi connectivity index (χ1v) is 8.59. The van der Waals surface area contributed by atoms with Gasteiger partial charge in [0.15, 0.2) is 0 Å². The van der Waals surface area contributed by atoms with Crippen LogP contribution in [-0.4, -0.2) is 22.7 Å². The number of hydrogen-bond acceptors (Lipinski definition) is 5. The van der Waals surface area contributed by atoms with Crippen LogP contribution in [0.5, 0.6) is 0 Å². The van der Waals surface area contributed by atoms with Gasteiger partial charge in [0.2, 0.25) is 0 Å². The predicted octanol–water partition coefficient (Wildman–Crippen LogP) is 3.00. The van der Waals surface area contributed by atoms with Crippen LogP contribution < -0.4 is 10.6 Å². The molecule has 0 saturated heterocycles. The molecule has 2 atom stereocenters. The smallest absolute Gasteiger partial charge is 0.315 e. The van der Waals surface area contributed by atoms with Gasteiger partial charge in [0.05, 0.1) is 12.1 Å². The molecule has 7 heteroatoms. The summed E-state index contributed by atoms with van der Waals surface area (Å²) in [5, 5.41) is 22.2. The highest BCUT2D eigenvalue weighted by molar-refractivity contribution is 7.09. The molecule has 2 heterocycles. The summed E-state index contributed by atoms with van der Waals surface area (Å²) >= 11 is 3.07. The van der Waals surface area contributed by atoms with Crippen molar-refractivity contribution in [3.63, 3.8) is 0 Å². The average Bonchev–Trinajstić information content (AvgIpc) is 3.13. The van der Waals surface area contributed by atoms with E-state index in [0.717, 1.165) is 22.7 Å². The van der Waals surface area contributed by atoms with Gasteiger partial charge in [-0.25, -0.2) is 9.78 Å². The Morgan fingerprint density at radius 1 is 1.48 bits per heavy atom. The van der Waals surface area contributed by atoms with Crippen molar-refractivity contribution in [2.24, 2.45) is 0 Å². The third-order valence-corrected chi connectivity index (χ3v) is 4.81. The molecular weight excluding hydrogens is 306 g/mol. The standard InChI is InChI=1S/C14H19N3O2S2/c1-3-11(13-16-9(2)7-21-13)17-14(19)15-6-12(18)10-4-5-20-8-10/h4-5,7-8,11-12,18H,3,6H2,1-2H3,(H2,15,17,19). The Bertz CT molecular complexity index is 569. The molecule has 2 amide bonds. The minimum absolute atomic E-state index is 0.0954. The normalized spacial score (nSPS) is 13.7. The number of aliphatic hydroxyl groups is 1. The molecular formula is C14H19N3O2S2. The number of thiophene rings is 1. The summed E-state index contributed by atoms with van der Waals surface area (Å²) in [6, 6.07) is 1.47. The summed E-state index contributed by atoms with van der Waals surface area (Å²) in [7, 11) is 0. The van der Waals surface area contributed by atoms with Gasteiger partial charge < -0.3 is 15.7 Å². The number of carbonyl (C=O) groups excluding carboxylic acids is 1. The minimum Gasteiger partial charge on any atom is -0.387 e. The maximum atomic E-state index is 11.9. The number of nitrogens with one attached hydrogen (secondary N) is 2. The lowest BCUT2D eigenvalue weighted by atomic mass is 10.2. The monoisotopic (exact) mass is 325 g/mol. The molecule has 0 radical (unpaired) electrons. The van der Waals surface area contributed by atoms with Gasteiger partial charge in [-0.05, 0) is 35.7 Å². The summed E-state index contributed by atoms with van der Waals surface area (Å²) in [4.78, 5) is 16.3. The number of urea groups is 1. The molecule has 3 N–H and O–H groups in total. The van der Waals surface area contributed by atoms with Crippen LogP contribution in [0.1, 0.15) is 41.8 Å². The molecule has 5 nitrogen and oxygen atoms in total. The van der Waals surface area contributed by atoms with Gasteiger partial charge in [-0.1, -0.05) is 6.92 Å². The SMILES string of the molecule is CCC(NC(=O)NCC(O)c1ccsc1)c1nc(C)cs1. The Morgan fingerprint density at radius 3 is 2.86 bits per heavy atom. The van der Waals surface area contributed by atoms with Gasteiger partial charge in [0.1, 0.15) is 5.01 Å². The number of thiazole rings is 1. The van der Waals surface area contributed by atoms with E-state index < -0.39 is 6.10 Å². The van der Waals surface area contributed by atoms with E-state index in [-0.39, 0.29) is 18.6 Å². The molecule has 0 aromatic carbocycles. The van der Waals surface area contributed by atoms with Crippen LogP contribution in [0.2, 0.25) is 0 Å². The van der Waals surface area contributed by atoms with Gasteiger partial charge in [-0.2, -0.15) is 11.3 Å². The minimum atomic E-state index is -0.677. The first-order chi connectivity index (χ1) is 10.1. The second-order valence-electron chi connectivity index (χ2n) is 4.71. The molecule has 2 aromatic heterocycles. The third-order valence-electron chi connectivity index (χ3n) is 3.03. The first kappa shape index (κ1) is 15.9. The van der Waals surface area contributed by atoms with Crippen molar-refractivity contribution in [3.05, 3.63) is 38.5 Å². The molecule has 0 aliphatic carbocycles. The lowest BCUT2D eigenvalue weighted by Crippen LogP contribution is -2.39. The number of aliphatic hydroxyl groups excluding tert-OH is 1. The number of nitrogens with zero attached hydrogens (tertiary/aromatic N) is 1. The summed E-state index contributed by atoms with van der Waals surface area (Å²) in [6.07, 6.45) is 0.0946. The van der Waals surface area contributed by atoms with Crippen LogP contribution >= 0.6 is 22.7 Å². The average molecular weight is 325 g/mol. The number of aromatic nitrogens is 1. The topological polar surface area (TPSA) is 74.2 Å². The third kappa shape index (κ3) is 4.52. The van der Waals surface area contributed by atoms with E-state index in [4.69, 9.17) is 0 Å². The van der Waals surface area contributed by atoms with Gasteiger partial charge >= 0.3 is 6.03 Å². The Balaban J connectivity index is 1.83. The van der Waals surface area contributed by atoms with Crippen molar-refractivity contribution in [2.75, 3.05) is 6.54 Å². The van der Waals surface area contributed by atoms with E-state index >= 15 is 0 Å². The van der Waals surface area contributed by atoms with Crippen LogP contribution in [0.25, 0.3) is 0 Å². The van der Waals surface area contributed by atoms with Crippen LogP contribution in [0.4, 0.5) is 4.79 Å². The molecule has 2 aromatic rings. The molecule has 21 heavy (non-hydrogen) atoms. The van der Waals surface area contributed by atoms with Gasteiger partial charge in [0.25, 0.3) is 0 Å². The Morgan fingerprint density at radius 2 is 2.29 bits per heavy atom. The second kappa shape index (κ2) is 7.53. The lowest BCUT2D eigenvalue weighted by Gasteiger charge is -2.16. The zero-order valence-corrected chi connectivity index (χ0v) is 13.6. The van der Waals surface area contributed by atoms with Crippen LogP contribution in [0.15, 0.2) is 22.2 Å². The molecule has 2 unspecified atom stereocenters. The van der Waals surface area contributed by atoms with E-state index in [9.17, 15) is 9.90 Å². The molecule has 0 spiro atoms. The van der Waals surface area contributed by atoms with Crippen molar-refractivity contribution >= 4 is 28.7 Å². The molecule has 0 aliphatic rings. The Labute approximate surface area is 132 Å². The van der Waals surface area contributed by atoms with Crippen molar-refractivity contribution < 1.29 is 9.90 Å². The van der Waals surface area contributed by atoms with E-state index in [2.05, 4.69) is 15.6 Å². The summed E-state index contributed by atoms with van der Waals surface area (Å²) in [6.45, 7) is 4.13. The first-order valence-electron chi connectivity index (χ1n) is 6.76. The van der Waals surface area contributed by atoms with Gasteiger partial charge in [-0.15, -0.1) is 11.3 Å². The van der Waals surface area contributed by atoms with Crippen LogP contribution in [0.3, 0.4) is 0 Å². The van der Waals surface area contributed by atoms with Crippen molar-refractivity contribution in [2.45, 2.75) is 32.4 Å². The molecule has 0 bridgehead atoms. The lowest BCUT2D eigenvalue weighted by molar-refractivity contribution is 0.173. The van der Waals surface area contributed by atoms with Crippen molar-refractivity contribution in [3.8, 4) is 0 Å². The maximum absolute atomic E-state index is 11.9. The zero-order valence-electron chi connectivity index (χ0n) is 12.0. The molecule has 114 valence electrons. The fourth-order valence-corrected chi connectivity index (χ4v) is 3.49. The number of hydrogen-bond donors (Lipinski definition) is 3. The largest absolute Gasteiger partial charge is 0.387 e. The quantitative estimate of drug-likeness (QED) is 0.764. The Hall–Kier alpha value is -1.44. The molecule has 2 rings (SSSR count). The molecule has 0 fully saturated rings. The van der Waals surface area contributed by atoms with Crippen LogP contribution in [0, 0.1) is 6.92 Å². The number of aryl methyl sites for hydroxylation is 1. The number of amides is 2. The highest BCUT2D eigenvalue weighted by Gasteiger charge is 2.16. The zero-order chi connectivity index (χ0) is 15.2. The number of rotatable bonds is 6. The van der Waals surface area contributed by atoms with Crippen molar-refractivity contribution in [1.82, 2.24) is 15.6 Å².